The predicted octanol–water partition coefficient (Wildman–Crippen LogP) is -0.482. The van der Waals surface area contributed by atoms with E-state index in [9.17, 15) is 14.7 Å². The van der Waals surface area contributed by atoms with Crippen molar-refractivity contribution in [3.63, 3.8) is 0 Å². The topological polar surface area (TPSA) is 96.8 Å². The Morgan fingerprint density at radius 1 is 1.45 bits per heavy atom. The molecule has 2 saturated heterocycles. The fraction of sp³-hybridized carbons (Fsp3) is 0.714. The number of H-pyrrole nitrogens is 1. The molecule has 0 saturated carbocycles. The number of hydroxylamine groups is 2. The quantitative estimate of drug-likeness (QED) is 0.765. The van der Waals surface area contributed by atoms with Crippen LogP contribution < -0.4 is 11.2 Å². The SMILES string of the molecule is CC[C@]12O[C@@H](n3cc(C)c(=O)[nH]c3=O)C(ON(C)[C@@H]1C)[C@H]2O. The molecule has 0 spiro atoms. The number of aliphatic hydroxyl groups is 1. The lowest BCUT2D eigenvalue weighted by Crippen LogP contribution is -2.61. The molecule has 1 aromatic heterocycles. The molecule has 5 atom stereocenters. The van der Waals surface area contributed by atoms with Crippen molar-refractivity contribution >= 4 is 0 Å². The van der Waals surface area contributed by atoms with Gasteiger partial charge in [0.1, 0.15) is 11.7 Å². The minimum absolute atomic E-state index is 0.173. The molecule has 0 radical (unpaired) electrons. The Morgan fingerprint density at radius 2 is 2.14 bits per heavy atom. The smallest absolute Gasteiger partial charge is 0.330 e. The van der Waals surface area contributed by atoms with Crippen molar-refractivity contribution in [1.82, 2.24) is 14.6 Å². The van der Waals surface area contributed by atoms with E-state index in [1.807, 2.05) is 13.8 Å². The summed E-state index contributed by atoms with van der Waals surface area (Å²) >= 11 is 0. The highest BCUT2D eigenvalue weighted by molar-refractivity contribution is 5.10. The fourth-order valence-corrected chi connectivity index (χ4v) is 3.42. The third-order valence-corrected chi connectivity index (χ3v) is 4.95. The van der Waals surface area contributed by atoms with Gasteiger partial charge in [0.25, 0.3) is 5.56 Å². The van der Waals surface area contributed by atoms with Crippen molar-refractivity contribution in [3.05, 3.63) is 32.6 Å². The van der Waals surface area contributed by atoms with Gasteiger partial charge in [0.15, 0.2) is 12.3 Å². The number of aromatic amines is 1. The highest BCUT2D eigenvalue weighted by Gasteiger charge is 2.62. The molecule has 2 aliphatic heterocycles. The minimum Gasteiger partial charge on any atom is -0.387 e. The first-order valence-electron chi connectivity index (χ1n) is 7.39. The van der Waals surface area contributed by atoms with Crippen molar-refractivity contribution in [3.8, 4) is 0 Å². The van der Waals surface area contributed by atoms with Crippen LogP contribution in [-0.2, 0) is 9.57 Å². The Balaban J connectivity index is 2.10. The molecular weight excluding hydrogens is 290 g/mol. The fourth-order valence-electron chi connectivity index (χ4n) is 3.42. The maximum Gasteiger partial charge on any atom is 0.330 e. The zero-order chi connectivity index (χ0) is 16.2. The van der Waals surface area contributed by atoms with Crippen LogP contribution in [0.15, 0.2) is 15.8 Å². The first-order valence-corrected chi connectivity index (χ1v) is 7.39. The summed E-state index contributed by atoms with van der Waals surface area (Å²) in [4.78, 5) is 31.6. The molecule has 0 aliphatic carbocycles. The van der Waals surface area contributed by atoms with Gasteiger partial charge in [-0.1, -0.05) is 6.92 Å². The van der Waals surface area contributed by atoms with Crippen LogP contribution in [-0.4, -0.2) is 50.6 Å². The molecule has 22 heavy (non-hydrogen) atoms. The number of likely N-dealkylation sites (N-methyl/N-ethyl adjacent to an activating group) is 1. The van der Waals surface area contributed by atoms with Gasteiger partial charge in [-0.25, -0.2) is 4.79 Å². The van der Waals surface area contributed by atoms with Gasteiger partial charge in [0.2, 0.25) is 0 Å². The van der Waals surface area contributed by atoms with E-state index >= 15 is 0 Å². The average Bonchev–Trinajstić information content (AvgIpc) is 2.69. The van der Waals surface area contributed by atoms with Gasteiger partial charge in [-0.15, -0.1) is 0 Å². The predicted molar refractivity (Wildman–Crippen MR) is 77.3 cm³/mol. The molecule has 1 unspecified atom stereocenters. The summed E-state index contributed by atoms with van der Waals surface area (Å²) in [6, 6.07) is -0.173. The average molecular weight is 311 g/mol. The first-order chi connectivity index (χ1) is 10.3. The van der Waals surface area contributed by atoms with Crippen molar-refractivity contribution in [2.45, 2.75) is 57.3 Å². The van der Waals surface area contributed by atoms with Crippen LogP contribution in [0.3, 0.4) is 0 Å². The maximum atomic E-state index is 12.1. The van der Waals surface area contributed by atoms with Gasteiger partial charge in [-0.05, 0) is 20.3 Å². The second kappa shape index (κ2) is 5.02. The van der Waals surface area contributed by atoms with E-state index in [0.717, 1.165) is 0 Å². The van der Waals surface area contributed by atoms with Gasteiger partial charge < -0.3 is 9.84 Å². The van der Waals surface area contributed by atoms with Crippen LogP contribution in [0.1, 0.15) is 32.1 Å². The third-order valence-electron chi connectivity index (χ3n) is 4.95. The zero-order valence-electron chi connectivity index (χ0n) is 13.1. The number of hydrogen-bond acceptors (Lipinski definition) is 6. The Bertz CT molecular complexity index is 698. The summed E-state index contributed by atoms with van der Waals surface area (Å²) in [6.07, 6.45) is -0.327. The standard InChI is InChI=1S/C14H21N3O5/c1-5-14-8(3)16(4)22-9(10(14)18)12(21-14)17-6-7(2)11(19)15-13(17)20/h6,8-10,12,18H,5H2,1-4H3,(H,15,19,20)/t8-,9?,10-,12-,14+/m1/s1. The van der Waals surface area contributed by atoms with Gasteiger partial charge in [0, 0.05) is 18.8 Å². The minimum atomic E-state index is -0.854. The number of aromatic nitrogens is 2. The Kier molecular flexibility index (Phi) is 3.52. The second-order valence-corrected chi connectivity index (χ2v) is 6.03. The molecule has 0 aromatic carbocycles. The molecule has 2 fully saturated rings. The van der Waals surface area contributed by atoms with Gasteiger partial charge >= 0.3 is 5.69 Å². The Labute approximate surface area is 127 Å². The van der Waals surface area contributed by atoms with Gasteiger partial charge in [-0.3, -0.25) is 19.2 Å². The number of fused-ring (bicyclic) bond motifs is 2. The lowest BCUT2D eigenvalue weighted by atomic mass is 9.84. The summed E-state index contributed by atoms with van der Waals surface area (Å²) < 4.78 is 7.39. The largest absolute Gasteiger partial charge is 0.387 e. The number of hydrogen-bond donors (Lipinski definition) is 2. The van der Waals surface area contributed by atoms with Gasteiger partial charge in [0.05, 0.1) is 6.04 Å². The Hall–Kier alpha value is -1.48. The van der Waals surface area contributed by atoms with E-state index < -0.39 is 35.3 Å². The molecule has 122 valence electrons. The Morgan fingerprint density at radius 3 is 2.77 bits per heavy atom. The number of aryl methyl sites for hydroxylation is 1. The first kappa shape index (κ1) is 15.4. The molecular formula is C14H21N3O5. The van der Waals surface area contributed by atoms with Crippen molar-refractivity contribution < 1.29 is 14.7 Å². The van der Waals surface area contributed by atoms with Crippen LogP contribution in [0.25, 0.3) is 0 Å². The number of nitrogens with zero attached hydrogens (tertiary/aromatic N) is 2. The highest BCUT2D eigenvalue weighted by atomic mass is 16.7. The molecule has 0 amide bonds. The zero-order valence-corrected chi connectivity index (χ0v) is 13.1. The van der Waals surface area contributed by atoms with E-state index in [1.54, 1.807) is 19.0 Å². The van der Waals surface area contributed by atoms with E-state index in [4.69, 9.17) is 9.57 Å². The molecule has 2 bridgehead atoms. The van der Waals surface area contributed by atoms with Crippen LogP contribution in [0.5, 0.6) is 0 Å². The lowest BCUT2D eigenvalue weighted by molar-refractivity contribution is -0.278. The highest BCUT2D eigenvalue weighted by Crippen LogP contribution is 2.47. The number of nitrogens with one attached hydrogen (secondary N) is 1. The van der Waals surface area contributed by atoms with Gasteiger partial charge in [-0.2, -0.15) is 5.06 Å². The van der Waals surface area contributed by atoms with Crippen molar-refractivity contribution in [2.24, 2.45) is 0 Å². The van der Waals surface area contributed by atoms with E-state index in [0.29, 0.717) is 12.0 Å². The lowest BCUT2D eigenvalue weighted by Gasteiger charge is -2.44. The summed E-state index contributed by atoms with van der Waals surface area (Å²) in [5, 5.41) is 12.3. The normalized spacial score (nSPS) is 38.4. The molecule has 8 nitrogen and oxygen atoms in total. The van der Waals surface area contributed by atoms with Crippen LogP contribution in [0.2, 0.25) is 0 Å². The number of rotatable bonds is 2. The molecule has 2 N–H and O–H groups in total. The summed E-state index contributed by atoms with van der Waals surface area (Å²) in [6.45, 7) is 5.45. The summed E-state index contributed by atoms with van der Waals surface area (Å²) in [7, 11) is 1.78. The van der Waals surface area contributed by atoms with E-state index in [2.05, 4.69) is 4.98 Å². The maximum absolute atomic E-state index is 12.1. The second-order valence-electron chi connectivity index (χ2n) is 6.03. The third kappa shape index (κ3) is 1.91. The summed E-state index contributed by atoms with van der Waals surface area (Å²) in [5.41, 5.74) is -1.43. The number of ether oxygens (including phenoxy) is 1. The monoisotopic (exact) mass is 311 g/mol. The van der Waals surface area contributed by atoms with Crippen LogP contribution in [0.4, 0.5) is 0 Å². The van der Waals surface area contributed by atoms with Crippen LogP contribution in [0, 0.1) is 6.92 Å². The van der Waals surface area contributed by atoms with Crippen molar-refractivity contribution in [2.75, 3.05) is 7.05 Å². The molecule has 8 heteroatoms. The van der Waals surface area contributed by atoms with E-state index in [1.165, 1.54) is 10.8 Å². The van der Waals surface area contributed by atoms with Crippen molar-refractivity contribution in [1.29, 1.82) is 0 Å². The molecule has 3 rings (SSSR count). The van der Waals surface area contributed by atoms with E-state index in [-0.39, 0.29) is 6.04 Å². The van der Waals surface area contributed by atoms with Crippen LogP contribution >= 0.6 is 0 Å². The molecule has 1 aromatic rings. The number of aliphatic hydroxyl groups excluding tert-OH is 1. The molecule has 3 heterocycles. The summed E-state index contributed by atoms with van der Waals surface area (Å²) in [5.74, 6) is 0. The molecule has 2 aliphatic rings.